The second kappa shape index (κ2) is 8.91. The highest BCUT2D eigenvalue weighted by atomic mass is 16.6. The molecular weight excluding hydrogens is 400 g/mol. The minimum absolute atomic E-state index is 0.338. The molecule has 4 rings (SSSR count). The van der Waals surface area contributed by atoms with E-state index in [4.69, 9.17) is 9.72 Å². The molecule has 1 aliphatic rings. The van der Waals surface area contributed by atoms with Crippen LogP contribution in [0.3, 0.4) is 0 Å². The number of likely N-dealkylation sites (tertiary alicyclic amines) is 1. The van der Waals surface area contributed by atoms with Crippen LogP contribution in [-0.2, 0) is 4.74 Å². The summed E-state index contributed by atoms with van der Waals surface area (Å²) in [4.78, 5) is 19.5. The molecular formula is C27H32N2O3. The van der Waals surface area contributed by atoms with E-state index in [2.05, 4.69) is 31.2 Å². The Hall–Kier alpha value is -2.92. The Morgan fingerprint density at radius 3 is 2.56 bits per heavy atom. The number of hydrogen-bond acceptors (Lipinski definition) is 4. The van der Waals surface area contributed by atoms with Gasteiger partial charge in [0.15, 0.2) is 0 Å². The van der Waals surface area contributed by atoms with Crippen molar-refractivity contribution in [1.29, 1.82) is 0 Å². The molecule has 32 heavy (non-hydrogen) atoms. The van der Waals surface area contributed by atoms with Gasteiger partial charge in [-0.2, -0.15) is 0 Å². The minimum Gasteiger partial charge on any atom is -0.444 e. The molecule has 1 aromatic heterocycles. The number of aromatic nitrogens is 1. The van der Waals surface area contributed by atoms with Gasteiger partial charge in [-0.25, -0.2) is 9.78 Å². The summed E-state index contributed by atoms with van der Waals surface area (Å²) in [7, 11) is 0. The maximum Gasteiger partial charge on any atom is 0.410 e. The van der Waals surface area contributed by atoms with E-state index < -0.39 is 11.7 Å². The van der Waals surface area contributed by atoms with Crippen molar-refractivity contribution in [2.24, 2.45) is 0 Å². The first kappa shape index (κ1) is 22.3. The zero-order valence-corrected chi connectivity index (χ0v) is 19.3. The summed E-state index contributed by atoms with van der Waals surface area (Å²) in [5.74, 6) is 0. The number of hydrogen-bond donors (Lipinski definition) is 1. The van der Waals surface area contributed by atoms with Crippen LogP contribution in [0.15, 0.2) is 54.6 Å². The third-order valence-corrected chi connectivity index (χ3v) is 5.96. The molecule has 168 valence electrons. The topological polar surface area (TPSA) is 62.7 Å². The molecule has 2 atom stereocenters. The van der Waals surface area contributed by atoms with E-state index in [1.165, 1.54) is 5.56 Å². The van der Waals surface area contributed by atoms with Crippen molar-refractivity contribution in [2.75, 3.05) is 6.54 Å². The molecule has 0 spiro atoms. The van der Waals surface area contributed by atoms with Crippen molar-refractivity contribution in [3.8, 4) is 11.3 Å². The monoisotopic (exact) mass is 432 g/mol. The SMILES string of the molecule is Cc1ccc(-c2cc([C@@H](O)[C@@H]3CCCCN3C(=O)OC(C)(C)C)c3ccccc3n2)cc1. The molecule has 1 saturated heterocycles. The van der Waals surface area contributed by atoms with Gasteiger partial charge in [-0.3, -0.25) is 0 Å². The molecule has 5 heteroatoms. The van der Waals surface area contributed by atoms with Gasteiger partial charge in [-0.1, -0.05) is 48.0 Å². The van der Waals surface area contributed by atoms with Crippen molar-refractivity contribution in [3.05, 3.63) is 65.7 Å². The highest BCUT2D eigenvalue weighted by Gasteiger charge is 2.36. The molecule has 1 fully saturated rings. The van der Waals surface area contributed by atoms with E-state index >= 15 is 0 Å². The van der Waals surface area contributed by atoms with E-state index in [1.807, 2.05) is 51.1 Å². The van der Waals surface area contributed by atoms with Crippen LogP contribution in [0.5, 0.6) is 0 Å². The summed E-state index contributed by atoms with van der Waals surface area (Å²) < 4.78 is 5.65. The Morgan fingerprint density at radius 1 is 1.12 bits per heavy atom. The fraction of sp³-hybridized carbons (Fsp3) is 0.407. The van der Waals surface area contributed by atoms with Crippen molar-refractivity contribution in [3.63, 3.8) is 0 Å². The maximum absolute atomic E-state index is 12.9. The lowest BCUT2D eigenvalue weighted by Crippen LogP contribution is -2.48. The van der Waals surface area contributed by atoms with Gasteiger partial charge in [0.05, 0.1) is 17.3 Å². The summed E-state index contributed by atoms with van der Waals surface area (Å²) in [5, 5.41) is 12.5. The number of carbonyl (C=O) groups is 1. The molecule has 5 nitrogen and oxygen atoms in total. The largest absolute Gasteiger partial charge is 0.444 e. The summed E-state index contributed by atoms with van der Waals surface area (Å²) in [6.45, 7) is 8.24. The quantitative estimate of drug-likeness (QED) is 0.549. The normalized spacial score (nSPS) is 17.9. The van der Waals surface area contributed by atoms with Crippen LogP contribution < -0.4 is 0 Å². The molecule has 0 bridgehead atoms. The maximum atomic E-state index is 12.9. The molecule has 2 heterocycles. The standard InChI is InChI=1S/C27H32N2O3/c1-18-12-14-19(15-13-18)23-17-21(20-9-5-6-10-22(20)28-23)25(30)24-11-7-8-16-29(24)26(31)32-27(2,3)4/h5-6,9-10,12-15,17,24-25,30H,7-8,11,16H2,1-4H3/t24-,25+/m0/s1. The Balaban J connectivity index is 1.75. The molecule has 0 radical (unpaired) electrons. The number of aryl methyl sites for hydroxylation is 1. The number of amides is 1. The Labute approximate surface area is 190 Å². The Bertz CT molecular complexity index is 1100. The average molecular weight is 433 g/mol. The molecule has 2 aromatic carbocycles. The van der Waals surface area contributed by atoms with Crippen molar-refractivity contribution >= 4 is 17.0 Å². The van der Waals surface area contributed by atoms with Gasteiger partial charge in [-0.05, 0) is 64.7 Å². The highest BCUT2D eigenvalue weighted by molar-refractivity contribution is 5.85. The third kappa shape index (κ3) is 4.78. The summed E-state index contributed by atoms with van der Waals surface area (Å²) in [5.41, 5.74) is 4.06. The van der Waals surface area contributed by atoms with Gasteiger partial charge < -0.3 is 14.7 Å². The molecule has 0 saturated carbocycles. The fourth-order valence-corrected chi connectivity index (χ4v) is 4.36. The zero-order chi connectivity index (χ0) is 22.9. The number of aliphatic hydroxyl groups excluding tert-OH is 1. The van der Waals surface area contributed by atoms with Crippen LogP contribution in [-0.4, -0.2) is 39.3 Å². The number of carbonyl (C=O) groups excluding carboxylic acids is 1. The summed E-state index contributed by atoms with van der Waals surface area (Å²) in [6, 6.07) is 17.7. The van der Waals surface area contributed by atoms with Crippen molar-refractivity contribution < 1.29 is 14.6 Å². The number of rotatable bonds is 3. The number of aliphatic hydroxyl groups is 1. The van der Waals surface area contributed by atoms with Gasteiger partial charge in [0.2, 0.25) is 0 Å². The first-order valence-corrected chi connectivity index (χ1v) is 11.4. The Kier molecular flexibility index (Phi) is 6.20. The van der Waals surface area contributed by atoms with Crippen LogP contribution in [0.4, 0.5) is 4.79 Å². The van der Waals surface area contributed by atoms with Crippen LogP contribution >= 0.6 is 0 Å². The number of piperidine rings is 1. The van der Waals surface area contributed by atoms with Crippen LogP contribution in [0, 0.1) is 6.92 Å². The van der Waals surface area contributed by atoms with Crippen LogP contribution in [0.1, 0.15) is 57.3 Å². The molecule has 3 aromatic rings. The van der Waals surface area contributed by atoms with Gasteiger partial charge in [0.1, 0.15) is 11.7 Å². The highest BCUT2D eigenvalue weighted by Crippen LogP contribution is 2.35. The molecule has 1 aliphatic heterocycles. The minimum atomic E-state index is -0.833. The molecule has 1 N–H and O–H groups in total. The first-order valence-electron chi connectivity index (χ1n) is 11.4. The number of para-hydroxylation sites is 1. The van der Waals surface area contributed by atoms with Gasteiger partial charge >= 0.3 is 6.09 Å². The third-order valence-electron chi connectivity index (χ3n) is 5.96. The van der Waals surface area contributed by atoms with E-state index in [0.717, 1.165) is 47.0 Å². The van der Waals surface area contributed by atoms with Gasteiger partial charge in [0.25, 0.3) is 0 Å². The van der Waals surface area contributed by atoms with E-state index in [0.29, 0.717) is 6.54 Å². The lowest BCUT2D eigenvalue weighted by Gasteiger charge is -2.39. The molecule has 0 aliphatic carbocycles. The van der Waals surface area contributed by atoms with Crippen LogP contribution in [0.25, 0.3) is 22.2 Å². The van der Waals surface area contributed by atoms with Gasteiger partial charge in [0, 0.05) is 17.5 Å². The smallest absolute Gasteiger partial charge is 0.410 e. The van der Waals surface area contributed by atoms with E-state index in [-0.39, 0.29) is 12.1 Å². The average Bonchev–Trinajstić information content (AvgIpc) is 2.77. The second-order valence-electron chi connectivity index (χ2n) is 9.66. The van der Waals surface area contributed by atoms with E-state index in [1.54, 1.807) is 4.90 Å². The number of fused-ring (bicyclic) bond motifs is 1. The van der Waals surface area contributed by atoms with Crippen molar-refractivity contribution in [1.82, 2.24) is 9.88 Å². The first-order chi connectivity index (χ1) is 15.2. The number of benzene rings is 2. The molecule has 1 amide bonds. The number of pyridine rings is 1. The lowest BCUT2D eigenvalue weighted by atomic mass is 9.90. The lowest BCUT2D eigenvalue weighted by molar-refractivity contribution is -0.0166. The van der Waals surface area contributed by atoms with Crippen molar-refractivity contribution in [2.45, 2.75) is 64.7 Å². The Morgan fingerprint density at radius 2 is 1.84 bits per heavy atom. The zero-order valence-electron chi connectivity index (χ0n) is 19.3. The van der Waals surface area contributed by atoms with Crippen LogP contribution in [0.2, 0.25) is 0 Å². The second-order valence-corrected chi connectivity index (χ2v) is 9.66. The predicted molar refractivity (Wildman–Crippen MR) is 127 cm³/mol. The summed E-state index contributed by atoms with van der Waals surface area (Å²) in [6.07, 6.45) is 1.42. The predicted octanol–water partition coefficient (Wildman–Crippen LogP) is 6.03. The number of ether oxygens (including phenoxy) is 1. The van der Waals surface area contributed by atoms with E-state index in [9.17, 15) is 9.90 Å². The number of nitrogens with zero attached hydrogens (tertiary/aromatic N) is 2. The fourth-order valence-electron chi connectivity index (χ4n) is 4.36. The summed E-state index contributed by atoms with van der Waals surface area (Å²) >= 11 is 0. The molecule has 0 unspecified atom stereocenters. The van der Waals surface area contributed by atoms with Gasteiger partial charge in [-0.15, -0.1) is 0 Å².